The van der Waals surface area contributed by atoms with Gasteiger partial charge in [-0.25, -0.2) is 9.37 Å². The monoisotopic (exact) mass is 294 g/mol. The van der Waals surface area contributed by atoms with Crippen LogP contribution in [0.15, 0.2) is 36.5 Å². The SMILES string of the molecule is CCCNCc1cnc(Oc2ccc(F)cc2)c(Cl)c1. The fourth-order valence-corrected chi connectivity index (χ4v) is 1.89. The summed E-state index contributed by atoms with van der Waals surface area (Å²) < 4.78 is 18.3. The van der Waals surface area contributed by atoms with Gasteiger partial charge in [-0.3, -0.25) is 0 Å². The molecule has 20 heavy (non-hydrogen) atoms. The van der Waals surface area contributed by atoms with Crippen LogP contribution in [0, 0.1) is 5.82 Å². The predicted molar refractivity (Wildman–Crippen MR) is 77.7 cm³/mol. The van der Waals surface area contributed by atoms with Crippen LogP contribution in [0.3, 0.4) is 0 Å². The summed E-state index contributed by atoms with van der Waals surface area (Å²) in [5.41, 5.74) is 0.995. The van der Waals surface area contributed by atoms with E-state index in [1.54, 1.807) is 6.20 Å². The highest BCUT2D eigenvalue weighted by molar-refractivity contribution is 6.31. The molecule has 2 aromatic rings. The maximum absolute atomic E-state index is 12.8. The normalized spacial score (nSPS) is 10.6. The van der Waals surface area contributed by atoms with E-state index in [0.29, 0.717) is 16.7 Å². The second-order valence-electron chi connectivity index (χ2n) is 4.36. The number of ether oxygens (including phenoxy) is 1. The van der Waals surface area contributed by atoms with Crippen molar-refractivity contribution in [3.05, 3.63) is 52.9 Å². The van der Waals surface area contributed by atoms with Crippen LogP contribution in [0.2, 0.25) is 5.02 Å². The third-order valence-electron chi connectivity index (χ3n) is 2.65. The van der Waals surface area contributed by atoms with Crippen LogP contribution >= 0.6 is 11.6 Å². The zero-order valence-electron chi connectivity index (χ0n) is 11.2. The number of hydrogen-bond donors (Lipinski definition) is 1. The van der Waals surface area contributed by atoms with E-state index < -0.39 is 0 Å². The average Bonchev–Trinajstić information content (AvgIpc) is 2.44. The first kappa shape index (κ1) is 14.8. The number of halogens is 2. The topological polar surface area (TPSA) is 34.2 Å². The van der Waals surface area contributed by atoms with Crippen molar-refractivity contribution in [2.24, 2.45) is 0 Å². The van der Waals surface area contributed by atoms with Gasteiger partial charge in [-0.15, -0.1) is 0 Å². The lowest BCUT2D eigenvalue weighted by Gasteiger charge is -2.08. The van der Waals surface area contributed by atoms with Crippen LogP contribution in [0.1, 0.15) is 18.9 Å². The largest absolute Gasteiger partial charge is 0.438 e. The molecule has 0 spiro atoms. The minimum Gasteiger partial charge on any atom is -0.438 e. The summed E-state index contributed by atoms with van der Waals surface area (Å²) in [5, 5.41) is 3.71. The molecule has 1 aromatic heterocycles. The van der Waals surface area contributed by atoms with Gasteiger partial charge in [-0.2, -0.15) is 0 Å². The van der Waals surface area contributed by atoms with Crippen molar-refractivity contribution in [1.29, 1.82) is 0 Å². The molecule has 0 aliphatic rings. The molecule has 0 amide bonds. The zero-order valence-corrected chi connectivity index (χ0v) is 12.0. The highest BCUT2D eigenvalue weighted by Crippen LogP contribution is 2.27. The van der Waals surface area contributed by atoms with Gasteiger partial charge in [-0.05, 0) is 48.9 Å². The molecule has 0 aliphatic carbocycles. The van der Waals surface area contributed by atoms with Crippen LogP contribution in [0.4, 0.5) is 4.39 Å². The third-order valence-corrected chi connectivity index (χ3v) is 2.92. The minimum absolute atomic E-state index is 0.311. The standard InChI is InChI=1S/C15H16ClFN2O/c1-2-7-18-9-11-8-14(16)15(19-10-11)20-13-5-3-12(17)4-6-13/h3-6,8,10,18H,2,7,9H2,1H3. The third kappa shape index (κ3) is 4.18. The number of hydrogen-bond acceptors (Lipinski definition) is 3. The Hall–Kier alpha value is -1.65. The average molecular weight is 295 g/mol. The molecule has 1 N–H and O–H groups in total. The van der Waals surface area contributed by atoms with Crippen LogP contribution in [0.5, 0.6) is 11.6 Å². The molecule has 1 heterocycles. The summed E-state index contributed by atoms with van der Waals surface area (Å²) in [6.45, 7) is 3.78. The molecule has 0 atom stereocenters. The molecule has 2 rings (SSSR count). The molecule has 1 aromatic carbocycles. The van der Waals surface area contributed by atoms with E-state index in [0.717, 1.165) is 25.1 Å². The maximum atomic E-state index is 12.8. The number of nitrogens with one attached hydrogen (secondary N) is 1. The lowest BCUT2D eigenvalue weighted by Crippen LogP contribution is -2.13. The lowest BCUT2D eigenvalue weighted by molar-refractivity contribution is 0.461. The quantitative estimate of drug-likeness (QED) is 0.812. The summed E-state index contributed by atoms with van der Waals surface area (Å²) >= 11 is 6.13. The molecular formula is C15H16ClFN2O. The Bertz CT molecular complexity index is 560. The van der Waals surface area contributed by atoms with Gasteiger partial charge in [0.15, 0.2) is 0 Å². The fourth-order valence-electron chi connectivity index (χ4n) is 1.66. The molecule has 0 radical (unpaired) electrons. The Kier molecular flexibility index (Phi) is 5.32. The van der Waals surface area contributed by atoms with Crippen molar-refractivity contribution in [3.63, 3.8) is 0 Å². The summed E-state index contributed by atoms with van der Waals surface area (Å²) in [6, 6.07) is 7.53. The molecule has 106 valence electrons. The molecule has 0 unspecified atom stereocenters. The van der Waals surface area contributed by atoms with Gasteiger partial charge in [0.05, 0.1) is 0 Å². The Morgan fingerprint density at radius 3 is 2.70 bits per heavy atom. The molecule has 0 bridgehead atoms. The van der Waals surface area contributed by atoms with Crippen LogP contribution in [0.25, 0.3) is 0 Å². The van der Waals surface area contributed by atoms with Crippen molar-refractivity contribution in [2.45, 2.75) is 19.9 Å². The van der Waals surface area contributed by atoms with Gasteiger partial charge in [0.2, 0.25) is 5.88 Å². The van der Waals surface area contributed by atoms with E-state index in [1.165, 1.54) is 24.3 Å². The van der Waals surface area contributed by atoms with Crippen LogP contribution in [-0.2, 0) is 6.54 Å². The van der Waals surface area contributed by atoms with E-state index in [9.17, 15) is 4.39 Å². The molecule has 0 aliphatic heterocycles. The van der Waals surface area contributed by atoms with E-state index in [2.05, 4.69) is 17.2 Å². The first-order chi connectivity index (χ1) is 9.69. The summed E-state index contributed by atoms with van der Waals surface area (Å²) in [6.07, 6.45) is 2.79. The maximum Gasteiger partial charge on any atom is 0.238 e. The fraction of sp³-hybridized carbons (Fsp3) is 0.267. The Labute approximate surface area is 122 Å². The first-order valence-electron chi connectivity index (χ1n) is 6.47. The van der Waals surface area contributed by atoms with Crippen molar-refractivity contribution in [2.75, 3.05) is 6.54 Å². The van der Waals surface area contributed by atoms with Crippen LogP contribution in [-0.4, -0.2) is 11.5 Å². The van der Waals surface area contributed by atoms with Crippen molar-refractivity contribution in [1.82, 2.24) is 10.3 Å². The Morgan fingerprint density at radius 1 is 1.30 bits per heavy atom. The molecule has 0 saturated heterocycles. The second kappa shape index (κ2) is 7.22. The minimum atomic E-state index is -0.311. The highest BCUT2D eigenvalue weighted by atomic mass is 35.5. The predicted octanol–water partition coefficient (Wildman–Crippen LogP) is 4.17. The smallest absolute Gasteiger partial charge is 0.238 e. The molecule has 3 nitrogen and oxygen atoms in total. The Morgan fingerprint density at radius 2 is 2.05 bits per heavy atom. The molecule has 0 fully saturated rings. The number of nitrogens with zero attached hydrogens (tertiary/aromatic N) is 1. The summed E-state index contributed by atoms with van der Waals surface area (Å²) in [5.74, 6) is 0.504. The van der Waals surface area contributed by atoms with Crippen molar-refractivity contribution >= 4 is 11.6 Å². The van der Waals surface area contributed by atoms with E-state index in [4.69, 9.17) is 16.3 Å². The van der Waals surface area contributed by atoms with Crippen LogP contribution < -0.4 is 10.1 Å². The number of rotatable bonds is 6. The zero-order chi connectivity index (χ0) is 14.4. The molecular weight excluding hydrogens is 279 g/mol. The van der Waals surface area contributed by atoms with Gasteiger partial charge < -0.3 is 10.1 Å². The van der Waals surface area contributed by atoms with E-state index in [1.807, 2.05) is 6.07 Å². The van der Waals surface area contributed by atoms with Crippen molar-refractivity contribution < 1.29 is 9.13 Å². The number of benzene rings is 1. The van der Waals surface area contributed by atoms with Gasteiger partial charge in [0.25, 0.3) is 0 Å². The number of pyridine rings is 1. The van der Waals surface area contributed by atoms with Gasteiger partial charge >= 0.3 is 0 Å². The van der Waals surface area contributed by atoms with Gasteiger partial charge in [0, 0.05) is 12.7 Å². The van der Waals surface area contributed by atoms with E-state index in [-0.39, 0.29) is 5.82 Å². The summed E-state index contributed by atoms with van der Waals surface area (Å²) in [4.78, 5) is 4.19. The van der Waals surface area contributed by atoms with Gasteiger partial charge in [0.1, 0.15) is 16.6 Å². The van der Waals surface area contributed by atoms with Gasteiger partial charge in [-0.1, -0.05) is 18.5 Å². The molecule has 0 saturated carbocycles. The Balaban J connectivity index is 2.03. The lowest BCUT2D eigenvalue weighted by atomic mass is 10.3. The highest BCUT2D eigenvalue weighted by Gasteiger charge is 2.06. The number of aromatic nitrogens is 1. The van der Waals surface area contributed by atoms with Crippen molar-refractivity contribution in [3.8, 4) is 11.6 Å². The summed E-state index contributed by atoms with van der Waals surface area (Å²) in [7, 11) is 0. The van der Waals surface area contributed by atoms with E-state index >= 15 is 0 Å². The first-order valence-corrected chi connectivity index (χ1v) is 6.85. The molecule has 5 heteroatoms. The second-order valence-corrected chi connectivity index (χ2v) is 4.77.